The number of hydrogen-bond acceptors (Lipinski definition) is 3. The minimum absolute atomic E-state index is 0.0198. The van der Waals surface area contributed by atoms with Crippen LogP contribution in [0.4, 0.5) is 4.79 Å². The van der Waals surface area contributed by atoms with E-state index in [0.717, 1.165) is 12.8 Å². The van der Waals surface area contributed by atoms with E-state index in [1.807, 2.05) is 20.8 Å². The van der Waals surface area contributed by atoms with E-state index in [2.05, 4.69) is 6.92 Å². The van der Waals surface area contributed by atoms with Crippen LogP contribution in [0.3, 0.4) is 0 Å². The van der Waals surface area contributed by atoms with Gasteiger partial charge in [0, 0.05) is 6.54 Å². The van der Waals surface area contributed by atoms with Gasteiger partial charge in [-0.15, -0.1) is 0 Å². The van der Waals surface area contributed by atoms with Crippen LogP contribution in [-0.4, -0.2) is 40.9 Å². The number of aliphatic hydroxyl groups excluding tert-OH is 1. The third-order valence-corrected chi connectivity index (χ3v) is 2.78. The average Bonchev–Trinajstić information content (AvgIpc) is 2.15. The van der Waals surface area contributed by atoms with Gasteiger partial charge in [0.25, 0.3) is 0 Å². The first-order valence-corrected chi connectivity index (χ1v) is 5.94. The van der Waals surface area contributed by atoms with Crippen LogP contribution in [0.25, 0.3) is 0 Å². The molecule has 0 aromatic heterocycles. The standard InChI is InChI=1S/C12H23NO3/c1-9-5-6-10(8-14)13(7-9)11(15)16-12(2,3)4/h9-10,14H,5-8H2,1-4H3/t9-,10+/m1/s1. The highest BCUT2D eigenvalue weighted by atomic mass is 16.6. The zero-order chi connectivity index (χ0) is 12.3. The molecule has 0 spiro atoms. The van der Waals surface area contributed by atoms with E-state index < -0.39 is 5.60 Å². The number of carbonyl (C=O) groups is 1. The minimum atomic E-state index is -0.474. The fraction of sp³-hybridized carbons (Fsp3) is 0.917. The van der Waals surface area contributed by atoms with E-state index in [0.29, 0.717) is 12.5 Å². The number of piperidine rings is 1. The number of ether oxygens (including phenoxy) is 1. The molecule has 1 aliphatic heterocycles. The molecular formula is C12H23NO3. The molecule has 4 heteroatoms. The van der Waals surface area contributed by atoms with Gasteiger partial charge < -0.3 is 14.7 Å². The topological polar surface area (TPSA) is 49.8 Å². The molecule has 0 aromatic carbocycles. The fourth-order valence-electron chi connectivity index (χ4n) is 1.94. The summed E-state index contributed by atoms with van der Waals surface area (Å²) in [6.07, 6.45) is 1.61. The summed E-state index contributed by atoms with van der Waals surface area (Å²) < 4.78 is 5.33. The fourth-order valence-corrected chi connectivity index (χ4v) is 1.94. The molecule has 2 atom stereocenters. The van der Waals surface area contributed by atoms with Crippen LogP contribution in [0.2, 0.25) is 0 Å². The lowest BCUT2D eigenvalue weighted by molar-refractivity contribution is -0.00476. The number of likely N-dealkylation sites (tertiary alicyclic amines) is 1. The highest BCUT2D eigenvalue weighted by molar-refractivity contribution is 5.68. The minimum Gasteiger partial charge on any atom is -0.444 e. The Morgan fingerprint density at radius 1 is 1.44 bits per heavy atom. The summed E-state index contributed by atoms with van der Waals surface area (Å²) >= 11 is 0. The Bertz CT molecular complexity index is 247. The Hall–Kier alpha value is -0.770. The molecule has 16 heavy (non-hydrogen) atoms. The number of amides is 1. The molecular weight excluding hydrogens is 206 g/mol. The Balaban J connectivity index is 2.63. The third-order valence-electron chi connectivity index (χ3n) is 2.78. The second-order valence-corrected chi connectivity index (χ2v) is 5.65. The van der Waals surface area contributed by atoms with Gasteiger partial charge in [-0.2, -0.15) is 0 Å². The Kier molecular flexibility index (Phi) is 4.19. The molecule has 1 rings (SSSR count). The first kappa shape index (κ1) is 13.3. The van der Waals surface area contributed by atoms with Crippen LogP contribution >= 0.6 is 0 Å². The van der Waals surface area contributed by atoms with Gasteiger partial charge in [-0.05, 0) is 39.5 Å². The zero-order valence-electron chi connectivity index (χ0n) is 10.7. The van der Waals surface area contributed by atoms with Gasteiger partial charge in [-0.25, -0.2) is 4.79 Å². The third kappa shape index (κ3) is 3.67. The lowest BCUT2D eigenvalue weighted by Gasteiger charge is -2.38. The predicted molar refractivity (Wildman–Crippen MR) is 62.2 cm³/mol. The summed E-state index contributed by atoms with van der Waals surface area (Å²) in [5.41, 5.74) is -0.474. The second-order valence-electron chi connectivity index (χ2n) is 5.65. The van der Waals surface area contributed by atoms with Crippen molar-refractivity contribution < 1.29 is 14.6 Å². The maximum atomic E-state index is 11.9. The maximum Gasteiger partial charge on any atom is 0.410 e. The lowest BCUT2D eigenvalue weighted by atomic mass is 9.95. The first-order valence-electron chi connectivity index (χ1n) is 5.94. The largest absolute Gasteiger partial charge is 0.444 e. The van der Waals surface area contributed by atoms with E-state index in [-0.39, 0.29) is 18.7 Å². The number of nitrogens with zero attached hydrogens (tertiary/aromatic N) is 1. The molecule has 1 heterocycles. The first-order chi connectivity index (χ1) is 7.33. The van der Waals surface area contributed by atoms with Crippen molar-refractivity contribution in [3.63, 3.8) is 0 Å². The SMILES string of the molecule is C[C@@H]1CC[C@@H](CO)N(C(=O)OC(C)(C)C)C1. The van der Waals surface area contributed by atoms with Gasteiger partial charge in [0.05, 0.1) is 12.6 Å². The molecule has 1 amide bonds. The van der Waals surface area contributed by atoms with Gasteiger partial charge in [0.2, 0.25) is 0 Å². The van der Waals surface area contributed by atoms with Gasteiger partial charge in [0.1, 0.15) is 5.60 Å². The van der Waals surface area contributed by atoms with Crippen molar-refractivity contribution in [3.8, 4) is 0 Å². The van der Waals surface area contributed by atoms with Crippen molar-refractivity contribution in [3.05, 3.63) is 0 Å². The van der Waals surface area contributed by atoms with Crippen molar-refractivity contribution in [2.75, 3.05) is 13.2 Å². The summed E-state index contributed by atoms with van der Waals surface area (Å²) in [4.78, 5) is 13.6. The normalized spacial score (nSPS) is 26.7. The molecule has 0 unspecified atom stereocenters. The number of aliphatic hydroxyl groups is 1. The molecule has 0 saturated carbocycles. The van der Waals surface area contributed by atoms with E-state index in [4.69, 9.17) is 4.74 Å². The monoisotopic (exact) mass is 229 g/mol. The molecule has 0 aliphatic carbocycles. The molecule has 1 fully saturated rings. The van der Waals surface area contributed by atoms with Crippen molar-refractivity contribution >= 4 is 6.09 Å². The predicted octanol–water partition coefficient (Wildman–Crippen LogP) is 2.01. The van der Waals surface area contributed by atoms with Crippen molar-refractivity contribution in [2.24, 2.45) is 5.92 Å². The smallest absolute Gasteiger partial charge is 0.410 e. The second kappa shape index (κ2) is 5.04. The zero-order valence-corrected chi connectivity index (χ0v) is 10.7. The number of hydrogen-bond donors (Lipinski definition) is 1. The van der Waals surface area contributed by atoms with E-state index in [1.165, 1.54) is 0 Å². The maximum absolute atomic E-state index is 11.9. The quantitative estimate of drug-likeness (QED) is 0.748. The molecule has 94 valence electrons. The van der Waals surface area contributed by atoms with Crippen LogP contribution in [0.5, 0.6) is 0 Å². The molecule has 0 aromatic rings. The molecule has 1 N–H and O–H groups in total. The highest BCUT2D eigenvalue weighted by Gasteiger charge is 2.32. The van der Waals surface area contributed by atoms with Crippen LogP contribution in [0, 0.1) is 5.92 Å². The van der Waals surface area contributed by atoms with Gasteiger partial charge in [0.15, 0.2) is 0 Å². The Morgan fingerprint density at radius 2 is 2.06 bits per heavy atom. The van der Waals surface area contributed by atoms with Crippen LogP contribution < -0.4 is 0 Å². The summed E-state index contributed by atoms with van der Waals surface area (Å²) in [5.74, 6) is 0.482. The highest BCUT2D eigenvalue weighted by Crippen LogP contribution is 2.23. The van der Waals surface area contributed by atoms with Crippen molar-refractivity contribution in [1.82, 2.24) is 4.90 Å². The molecule has 4 nitrogen and oxygen atoms in total. The van der Waals surface area contributed by atoms with E-state index >= 15 is 0 Å². The molecule has 0 bridgehead atoms. The molecule has 1 aliphatic rings. The average molecular weight is 229 g/mol. The van der Waals surface area contributed by atoms with Gasteiger partial charge in [-0.3, -0.25) is 0 Å². The summed E-state index contributed by atoms with van der Waals surface area (Å²) in [6.45, 7) is 8.38. The molecule has 0 radical (unpaired) electrons. The van der Waals surface area contributed by atoms with Crippen molar-refractivity contribution in [2.45, 2.75) is 52.2 Å². The molecule has 1 saturated heterocycles. The van der Waals surface area contributed by atoms with E-state index in [9.17, 15) is 9.90 Å². The van der Waals surface area contributed by atoms with Crippen LogP contribution in [0.1, 0.15) is 40.5 Å². The Morgan fingerprint density at radius 3 is 2.56 bits per heavy atom. The summed E-state index contributed by atoms with van der Waals surface area (Å²) in [6, 6.07) is -0.0777. The van der Waals surface area contributed by atoms with Gasteiger partial charge >= 0.3 is 6.09 Å². The van der Waals surface area contributed by atoms with Gasteiger partial charge in [-0.1, -0.05) is 6.92 Å². The number of rotatable bonds is 1. The summed E-state index contributed by atoms with van der Waals surface area (Å²) in [7, 11) is 0. The van der Waals surface area contributed by atoms with Crippen LogP contribution in [0.15, 0.2) is 0 Å². The summed E-state index contributed by atoms with van der Waals surface area (Å²) in [5, 5.41) is 9.25. The van der Waals surface area contributed by atoms with Crippen LogP contribution in [-0.2, 0) is 4.74 Å². The van der Waals surface area contributed by atoms with E-state index in [1.54, 1.807) is 4.90 Å². The Labute approximate surface area is 97.6 Å². The number of carbonyl (C=O) groups excluding carboxylic acids is 1. The van der Waals surface area contributed by atoms with Crippen molar-refractivity contribution in [1.29, 1.82) is 0 Å². The lowest BCUT2D eigenvalue weighted by Crippen LogP contribution is -2.49.